The van der Waals surface area contributed by atoms with E-state index < -0.39 is 5.97 Å². The lowest BCUT2D eigenvalue weighted by Crippen LogP contribution is -2.24. The number of anilines is 1. The van der Waals surface area contributed by atoms with Gasteiger partial charge in [0.05, 0.1) is 23.5 Å². The largest absolute Gasteiger partial charge is 0.462 e. The molecule has 0 fully saturated rings. The molecule has 28 heavy (non-hydrogen) atoms. The summed E-state index contributed by atoms with van der Waals surface area (Å²) in [5.74, 6) is -1.04. The molecule has 0 aliphatic heterocycles. The minimum atomic E-state index is -0.543. The first kappa shape index (κ1) is 21.6. The van der Waals surface area contributed by atoms with Gasteiger partial charge in [-0.05, 0) is 31.4 Å². The molecule has 0 saturated heterocycles. The third-order valence-electron chi connectivity index (χ3n) is 4.11. The first-order chi connectivity index (χ1) is 13.5. The van der Waals surface area contributed by atoms with Crippen LogP contribution >= 0.6 is 11.3 Å². The number of hydrogen-bond donors (Lipinski definition) is 2. The normalized spacial score (nSPS) is 10.4. The Balaban J connectivity index is 2.25. The lowest BCUT2D eigenvalue weighted by Gasteiger charge is -2.07. The highest BCUT2D eigenvalue weighted by molar-refractivity contribution is 7.18. The average molecular weight is 403 g/mol. The van der Waals surface area contributed by atoms with E-state index in [0.29, 0.717) is 22.0 Å². The zero-order chi connectivity index (χ0) is 20.5. The molecule has 0 spiro atoms. The van der Waals surface area contributed by atoms with Crippen molar-refractivity contribution in [2.24, 2.45) is 0 Å². The molecule has 6 nitrogen and oxygen atoms in total. The Bertz CT molecular complexity index is 830. The summed E-state index contributed by atoms with van der Waals surface area (Å²) in [6, 6.07) is 9.32. The summed E-state index contributed by atoms with van der Waals surface area (Å²) in [6.45, 7) is 6.23. The van der Waals surface area contributed by atoms with Crippen LogP contribution in [0.2, 0.25) is 0 Å². The molecule has 2 aromatic rings. The number of unbranched alkanes of at least 4 members (excludes halogenated alkanes) is 1. The molecule has 2 amide bonds. The Kier molecular flexibility index (Phi) is 8.19. The van der Waals surface area contributed by atoms with Crippen molar-refractivity contribution in [2.75, 3.05) is 18.5 Å². The van der Waals surface area contributed by atoms with E-state index in [1.165, 1.54) is 0 Å². The van der Waals surface area contributed by atoms with Gasteiger partial charge >= 0.3 is 5.97 Å². The van der Waals surface area contributed by atoms with Gasteiger partial charge in [-0.15, -0.1) is 11.3 Å². The molecule has 0 atom stereocenters. The molecule has 0 bridgehead atoms. The van der Waals surface area contributed by atoms with E-state index in [-0.39, 0.29) is 30.4 Å². The Morgan fingerprint density at radius 1 is 1.11 bits per heavy atom. The molecule has 1 aromatic heterocycles. The van der Waals surface area contributed by atoms with Crippen molar-refractivity contribution >= 4 is 34.1 Å². The van der Waals surface area contributed by atoms with Gasteiger partial charge in [0.25, 0.3) is 5.91 Å². The SMILES string of the molecule is CCCCNC(=O)c1sc(NC(=O)Cc2ccccc2)c(C(=O)OCC)c1C. The van der Waals surface area contributed by atoms with E-state index in [0.717, 1.165) is 29.7 Å². The summed E-state index contributed by atoms with van der Waals surface area (Å²) in [4.78, 5) is 37.8. The van der Waals surface area contributed by atoms with Crippen LogP contribution in [-0.4, -0.2) is 30.9 Å². The first-order valence-corrected chi connectivity index (χ1v) is 10.2. The van der Waals surface area contributed by atoms with Gasteiger partial charge in [0.2, 0.25) is 5.91 Å². The Labute approximate surface area is 169 Å². The predicted molar refractivity (Wildman–Crippen MR) is 111 cm³/mol. The minimum Gasteiger partial charge on any atom is -0.462 e. The van der Waals surface area contributed by atoms with E-state index in [2.05, 4.69) is 10.6 Å². The summed E-state index contributed by atoms with van der Waals surface area (Å²) in [6.07, 6.45) is 2.03. The van der Waals surface area contributed by atoms with Crippen LogP contribution in [0.15, 0.2) is 30.3 Å². The number of thiophene rings is 1. The van der Waals surface area contributed by atoms with Crippen molar-refractivity contribution < 1.29 is 19.1 Å². The van der Waals surface area contributed by atoms with E-state index >= 15 is 0 Å². The maximum Gasteiger partial charge on any atom is 0.341 e. The number of hydrogen-bond acceptors (Lipinski definition) is 5. The fourth-order valence-corrected chi connectivity index (χ4v) is 3.81. The van der Waals surface area contributed by atoms with E-state index in [1.807, 2.05) is 37.3 Å². The van der Waals surface area contributed by atoms with Crippen molar-refractivity contribution in [3.05, 3.63) is 51.9 Å². The van der Waals surface area contributed by atoms with Crippen LogP contribution in [0.25, 0.3) is 0 Å². The third-order valence-corrected chi connectivity index (χ3v) is 5.31. The zero-order valence-corrected chi connectivity index (χ0v) is 17.3. The van der Waals surface area contributed by atoms with Crippen LogP contribution in [0.1, 0.15) is 57.8 Å². The van der Waals surface area contributed by atoms with Crippen LogP contribution < -0.4 is 10.6 Å². The molecule has 150 valence electrons. The summed E-state index contributed by atoms with van der Waals surface area (Å²) in [7, 11) is 0. The van der Waals surface area contributed by atoms with Crippen LogP contribution in [0.5, 0.6) is 0 Å². The molecule has 2 rings (SSSR count). The van der Waals surface area contributed by atoms with E-state index in [9.17, 15) is 14.4 Å². The van der Waals surface area contributed by atoms with Crippen LogP contribution in [0.3, 0.4) is 0 Å². The Hall–Kier alpha value is -2.67. The van der Waals surface area contributed by atoms with Gasteiger partial charge in [-0.2, -0.15) is 0 Å². The number of nitrogens with one attached hydrogen (secondary N) is 2. The second-order valence-corrected chi connectivity index (χ2v) is 7.32. The van der Waals surface area contributed by atoms with Gasteiger partial charge in [-0.3, -0.25) is 9.59 Å². The molecule has 0 unspecified atom stereocenters. The highest BCUT2D eigenvalue weighted by Gasteiger charge is 2.26. The number of amides is 2. The standard InChI is InChI=1S/C21H26N2O4S/c1-4-6-12-22-19(25)18-14(3)17(21(26)27-5-2)20(28-18)23-16(24)13-15-10-8-7-9-11-15/h7-11H,4-6,12-13H2,1-3H3,(H,22,25)(H,23,24). The number of ether oxygens (including phenoxy) is 1. The lowest BCUT2D eigenvalue weighted by atomic mass is 10.1. The minimum absolute atomic E-state index is 0.179. The fraction of sp³-hybridized carbons (Fsp3) is 0.381. The van der Waals surface area contributed by atoms with Crippen molar-refractivity contribution in [1.29, 1.82) is 0 Å². The Morgan fingerprint density at radius 2 is 1.82 bits per heavy atom. The topological polar surface area (TPSA) is 84.5 Å². The summed E-state index contributed by atoms with van der Waals surface area (Å²) in [5, 5.41) is 5.98. The molecule has 0 aliphatic carbocycles. The number of benzene rings is 1. The number of carbonyl (C=O) groups is 3. The van der Waals surface area contributed by atoms with Gasteiger partial charge in [0.1, 0.15) is 5.00 Å². The van der Waals surface area contributed by atoms with Crippen molar-refractivity contribution in [3.63, 3.8) is 0 Å². The van der Waals surface area contributed by atoms with Crippen LogP contribution in [0.4, 0.5) is 5.00 Å². The molecule has 1 aromatic carbocycles. The highest BCUT2D eigenvalue weighted by atomic mass is 32.1. The van der Waals surface area contributed by atoms with Gasteiger partial charge in [-0.1, -0.05) is 43.7 Å². The smallest absolute Gasteiger partial charge is 0.341 e. The molecular formula is C21H26N2O4S. The summed E-state index contributed by atoms with van der Waals surface area (Å²) in [5.41, 5.74) is 1.63. The second-order valence-electron chi connectivity index (χ2n) is 6.30. The molecule has 0 saturated carbocycles. The molecule has 0 radical (unpaired) electrons. The first-order valence-electron chi connectivity index (χ1n) is 9.40. The maximum atomic E-state index is 12.5. The molecule has 2 N–H and O–H groups in total. The third kappa shape index (κ3) is 5.66. The predicted octanol–water partition coefficient (Wildman–Crippen LogP) is 3.94. The molecule has 7 heteroatoms. The van der Waals surface area contributed by atoms with Crippen molar-refractivity contribution in [2.45, 2.75) is 40.0 Å². The summed E-state index contributed by atoms with van der Waals surface area (Å²) < 4.78 is 5.13. The van der Waals surface area contributed by atoms with Gasteiger partial charge in [0.15, 0.2) is 0 Å². The van der Waals surface area contributed by atoms with E-state index in [4.69, 9.17) is 4.74 Å². The second kappa shape index (κ2) is 10.6. The zero-order valence-electron chi connectivity index (χ0n) is 16.5. The molecular weight excluding hydrogens is 376 g/mol. The summed E-state index contributed by atoms with van der Waals surface area (Å²) >= 11 is 1.10. The lowest BCUT2D eigenvalue weighted by molar-refractivity contribution is -0.115. The number of carbonyl (C=O) groups excluding carboxylic acids is 3. The number of esters is 1. The molecule has 1 heterocycles. The van der Waals surface area contributed by atoms with E-state index in [1.54, 1.807) is 13.8 Å². The quantitative estimate of drug-likeness (QED) is 0.491. The number of rotatable bonds is 9. The van der Waals surface area contributed by atoms with Crippen LogP contribution in [0, 0.1) is 6.92 Å². The Morgan fingerprint density at radius 3 is 2.46 bits per heavy atom. The van der Waals surface area contributed by atoms with Gasteiger partial charge in [-0.25, -0.2) is 4.79 Å². The van der Waals surface area contributed by atoms with Crippen LogP contribution in [-0.2, 0) is 16.0 Å². The molecule has 0 aliphatic rings. The van der Waals surface area contributed by atoms with Crippen molar-refractivity contribution in [1.82, 2.24) is 5.32 Å². The van der Waals surface area contributed by atoms with Gasteiger partial charge in [0, 0.05) is 6.54 Å². The van der Waals surface area contributed by atoms with Crippen molar-refractivity contribution in [3.8, 4) is 0 Å². The maximum absolute atomic E-state index is 12.5. The fourth-order valence-electron chi connectivity index (χ4n) is 2.68. The monoisotopic (exact) mass is 402 g/mol. The highest BCUT2D eigenvalue weighted by Crippen LogP contribution is 2.34. The van der Waals surface area contributed by atoms with Gasteiger partial charge < -0.3 is 15.4 Å². The average Bonchev–Trinajstić information content (AvgIpc) is 2.98.